The highest BCUT2D eigenvalue weighted by Gasteiger charge is 2.21. The quantitative estimate of drug-likeness (QED) is 0.809. The topological polar surface area (TPSA) is 64.2 Å². The van der Waals surface area contributed by atoms with Crippen molar-refractivity contribution in [1.29, 1.82) is 0 Å². The van der Waals surface area contributed by atoms with Crippen LogP contribution < -0.4 is 5.32 Å². The van der Waals surface area contributed by atoms with E-state index < -0.39 is 0 Å². The summed E-state index contributed by atoms with van der Waals surface area (Å²) in [7, 11) is 0. The molecule has 1 aliphatic carbocycles. The molecule has 6 heteroatoms. The number of nitrogens with one attached hydrogen (secondary N) is 1. The van der Waals surface area contributed by atoms with Crippen LogP contribution in [0.4, 0.5) is 0 Å². The minimum Gasteiger partial charge on any atom is -0.347 e. The molecule has 4 rings (SSSR count). The van der Waals surface area contributed by atoms with Gasteiger partial charge in [-0.05, 0) is 25.0 Å². The normalized spacial score (nSPS) is 15.8. The Labute approximate surface area is 134 Å². The lowest BCUT2D eigenvalue weighted by molar-refractivity contribution is 0.0916. The van der Waals surface area contributed by atoms with Crippen molar-refractivity contribution in [3.63, 3.8) is 0 Å². The molecule has 6 nitrogen and oxygen atoms in total. The van der Waals surface area contributed by atoms with E-state index in [4.69, 9.17) is 0 Å². The van der Waals surface area contributed by atoms with Gasteiger partial charge in [-0.3, -0.25) is 13.8 Å². The van der Waals surface area contributed by atoms with Crippen LogP contribution in [0.1, 0.15) is 42.7 Å². The zero-order valence-corrected chi connectivity index (χ0v) is 12.9. The lowest BCUT2D eigenvalue weighted by atomic mass is 9.95. The Morgan fingerprint density at radius 2 is 2.04 bits per heavy atom. The van der Waals surface area contributed by atoms with Crippen molar-refractivity contribution in [1.82, 2.24) is 24.3 Å². The maximum atomic E-state index is 12.7. The van der Waals surface area contributed by atoms with Gasteiger partial charge in [0.05, 0.1) is 5.52 Å². The molecule has 0 aliphatic heterocycles. The molecule has 3 aromatic heterocycles. The molecule has 1 N–H and O–H groups in total. The first-order valence-corrected chi connectivity index (χ1v) is 8.09. The molecule has 23 heavy (non-hydrogen) atoms. The van der Waals surface area contributed by atoms with Gasteiger partial charge in [-0.15, -0.1) is 0 Å². The maximum Gasteiger partial charge on any atom is 0.287 e. The number of hydrogen-bond acceptors (Lipinski definition) is 3. The molecule has 1 fully saturated rings. The molecule has 0 saturated heterocycles. The number of carbonyl (C=O) groups is 1. The predicted octanol–water partition coefficient (Wildman–Crippen LogP) is 2.58. The van der Waals surface area contributed by atoms with Crippen LogP contribution in [0.5, 0.6) is 0 Å². The van der Waals surface area contributed by atoms with Crippen LogP contribution in [0.15, 0.2) is 43.1 Å². The molecule has 1 saturated carbocycles. The zero-order valence-electron chi connectivity index (χ0n) is 12.9. The van der Waals surface area contributed by atoms with E-state index >= 15 is 0 Å². The standard InChI is InChI=1S/C17H19N5O/c23-17(19-13-6-2-1-3-7-13)16-20-15(21-11-9-18-12-21)14-8-4-5-10-22(14)16/h4-5,8-13H,1-3,6-7H2,(H,19,23). The summed E-state index contributed by atoms with van der Waals surface area (Å²) in [5.41, 5.74) is 0.888. The van der Waals surface area contributed by atoms with Gasteiger partial charge in [0.25, 0.3) is 5.91 Å². The number of rotatable bonds is 3. The molecule has 0 bridgehead atoms. The Morgan fingerprint density at radius 1 is 1.17 bits per heavy atom. The third-order valence-corrected chi connectivity index (χ3v) is 4.42. The van der Waals surface area contributed by atoms with Gasteiger partial charge >= 0.3 is 0 Å². The third kappa shape index (κ3) is 2.60. The molecule has 0 atom stereocenters. The van der Waals surface area contributed by atoms with Crippen molar-refractivity contribution in [3.05, 3.63) is 48.9 Å². The molecule has 0 radical (unpaired) electrons. The number of aromatic nitrogens is 4. The van der Waals surface area contributed by atoms with Crippen molar-refractivity contribution in [2.75, 3.05) is 0 Å². The first-order chi connectivity index (χ1) is 11.3. The largest absolute Gasteiger partial charge is 0.347 e. The highest BCUT2D eigenvalue weighted by Crippen LogP contribution is 2.20. The molecule has 0 unspecified atom stereocenters. The van der Waals surface area contributed by atoms with E-state index in [0.717, 1.165) is 24.2 Å². The average Bonchev–Trinajstić information content (AvgIpc) is 3.23. The number of fused-ring (bicyclic) bond motifs is 1. The van der Waals surface area contributed by atoms with Crippen molar-refractivity contribution in [2.24, 2.45) is 0 Å². The third-order valence-electron chi connectivity index (χ3n) is 4.42. The second kappa shape index (κ2) is 5.87. The number of amides is 1. The smallest absolute Gasteiger partial charge is 0.287 e. The minimum atomic E-state index is -0.107. The molecular weight excluding hydrogens is 290 g/mol. The van der Waals surface area contributed by atoms with Crippen LogP contribution >= 0.6 is 0 Å². The van der Waals surface area contributed by atoms with E-state index in [2.05, 4.69) is 15.3 Å². The molecule has 3 aromatic rings. The second-order valence-electron chi connectivity index (χ2n) is 5.99. The first kappa shape index (κ1) is 14.0. The number of nitrogens with zero attached hydrogens (tertiary/aromatic N) is 4. The summed E-state index contributed by atoms with van der Waals surface area (Å²) in [5.74, 6) is 1.04. The van der Waals surface area contributed by atoms with Gasteiger partial charge in [-0.25, -0.2) is 9.97 Å². The fourth-order valence-corrected chi connectivity index (χ4v) is 3.25. The summed E-state index contributed by atoms with van der Waals surface area (Å²) >= 11 is 0. The van der Waals surface area contributed by atoms with Gasteiger partial charge in [0.1, 0.15) is 6.33 Å². The van der Waals surface area contributed by atoms with E-state index in [1.54, 1.807) is 12.5 Å². The summed E-state index contributed by atoms with van der Waals surface area (Å²) in [4.78, 5) is 21.3. The predicted molar refractivity (Wildman–Crippen MR) is 86.7 cm³/mol. The summed E-state index contributed by atoms with van der Waals surface area (Å²) in [5, 5.41) is 3.14. The summed E-state index contributed by atoms with van der Waals surface area (Å²) < 4.78 is 3.67. The van der Waals surface area contributed by atoms with Gasteiger partial charge in [-0.1, -0.05) is 25.3 Å². The molecular formula is C17H19N5O. The van der Waals surface area contributed by atoms with Gasteiger partial charge < -0.3 is 5.32 Å². The van der Waals surface area contributed by atoms with Gasteiger partial charge in [-0.2, -0.15) is 0 Å². The lowest BCUT2D eigenvalue weighted by Crippen LogP contribution is -2.37. The summed E-state index contributed by atoms with van der Waals surface area (Å²) in [6.07, 6.45) is 12.9. The molecule has 118 valence electrons. The van der Waals surface area contributed by atoms with Gasteiger partial charge in [0.2, 0.25) is 5.82 Å². The Hall–Kier alpha value is -2.63. The fourth-order valence-electron chi connectivity index (χ4n) is 3.25. The minimum absolute atomic E-state index is 0.107. The number of imidazole rings is 2. The molecule has 3 heterocycles. The van der Waals surface area contributed by atoms with E-state index in [1.807, 2.05) is 39.6 Å². The Bertz CT molecular complexity index is 815. The Kier molecular flexibility index (Phi) is 3.57. The molecule has 1 amide bonds. The number of hydrogen-bond donors (Lipinski definition) is 1. The average molecular weight is 309 g/mol. The Balaban J connectivity index is 1.70. The van der Waals surface area contributed by atoms with E-state index in [9.17, 15) is 4.79 Å². The lowest BCUT2D eigenvalue weighted by Gasteiger charge is -2.22. The fraction of sp³-hybridized carbons (Fsp3) is 0.353. The zero-order chi connectivity index (χ0) is 15.6. The van der Waals surface area contributed by atoms with Crippen LogP contribution in [0.25, 0.3) is 11.3 Å². The first-order valence-electron chi connectivity index (χ1n) is 8.09. The van der Waals surface area contributed by atoms with E-state index in [0.29, 0.717) is 5.82 Å². The summed E-state index contributed by atoms with van der Waals surface area (Å²) in [6.45, 7) is 0. The van der Waals surface area contributed by atoms with Crippen LogP contribution in [0.2, 0.25) is 0 Å². The second-order valence-corrected chi connectivity index (χ2v) is 5.99. The SMILES string of the molecule is O=C(NC1CCCCC1)c1nc(-n2ccnc2)c2ccccn12. The maximum absolute atomic E-state index is 12.7. The number of pyridine rings is 1. The Morgan fingerprint density at radius 3 is 2.83 bits per heavy atom. The monoisotopic (exact) mass is 309 g/mol. The highest BCUT2D eigenvalue weighted by atomic mass is 16.2. The van der Waals surface area contributed by atoms with Crippen molar-refractivity contribution < 1.29 is 4.79 Å². The van der Waals surface area contributed by atoms with Crippen molar-refractivity contribution >= 4 is 11.4 Å². The van der Waals surface area contributed by atoms with Gasteiger partial charge in [0.15, 0.2) is 5.82 Å². The summed E-state index contributed by atoms with van der Waals surface area (Å²) in [6, 6.07) is 6.08. The highest BCUT2D eigenvalue weighted by molar-refractivity contribution is 5.93. The van der Waals surface area contributed by atoms with E-state index in [-0.39, 0.29) is 11.9 Å². The van der Waals surface area contributed by atoms with Crippen LogP contribution in [0.3, 0.4) is 0 Å². The van der Waals surface area contributed by atoms with Gasteiger partial charge in [0, 0.05) is 24.6 Å². The van der Waals surface area contributed by atoms with E-state index in [1.165, 1.54) is 19.3 Å². The van der Waals surface area contributed by atoms with Crippen LogP contribution in [-0.2, 0) is 0 Å². The number of carbonyl (C=O) groups excluding carboxylic acids is 1. The van der Waals surface area contributed by atoms with Crippen molar-refractivity contribution in [2.45, 2.75) is 38.1 Å². The van der Waals surface area contributed by atoms with Crippen molar-refractivity contribution in [3.8, 4) is 5.82 Å². The molecule has 1 aliphatic rings. The molecule has 0 aromatic carbocycles. The van der Waals surface area contributed by atoms with Crippen LogP contribution in [0, 0.1) is 0 Å². The van der Waals surface area contributed by atoms with Crippen LogP contribution in [-0.4, -0.2) is 30.9 Å². The molecule has 0 spiro atoms.